The summed E-state index contributed by atoms with van der Waals surface area (Å²) in [7, 11) is -3.90. The summed E-state index contributed by atoms with van der Waals surface area (Å²) in [6.45, 7) is 0.110. The first-order chi connectivity index (χ1) is 13.0. The first-order valence-electron chi connectivity index (χ1n) is 8.14. The van der Waals surface area contributed by atoms with Crippen LogP contribution in [-0.4, -0.2) is 18.6 Å². The number of sulfonamides is 1. The molecule has 0 radical (unpaired) electrons. The minimum Gasteiger partial charge on any atom is -0.363 e. The van der Waals surface area contributed by atoms with E-state index >= 15 is 0 Å². The normalized spacial score (nSPS) is 11.6. The highest BCUT2D eigenvalue weighted by molar-refractivity contribution is 7.92. The lowest BCUT2D eigenvalue weighted by molar-refractivity contribution is 0.420. The van der Waals surface area contributed by atoms with Gasteiger partial charge in [0.2, 0.25) is 5.56 Å². The number of fused-ring (bicyclic) bond motifs is 1. The number of rotatable bonds is 5. The smallest absolute Gasteiger partial charge is 0.265 e. The molecule has 7 nitrogen and oxygen atoms in total. The van der Waals surface area contributed by atoms with Crippen molar-refractivity contribution in [2.45, 2.75) is 11.4 Å². The van der Waals surface area contributed by atoms with Crippen LogP contribution in [0, 0.1) is 0 Å². The second-order valence-corrected chi connectivity index (χ2v) is 7.79. The Hall–Kier alpha value is -3.39. The van der Waals surface area contributed by atoms with Crippen molar-refractivity contribution in [1.82, 2.24) is 10.1 Å². The largest absolute Gasteiger partial charge is 0.363 e. The van der Waals surface area contributed by atoms with E-state index in [1.54, 1.807) is 12.1 Å². The van der Waals surface area contributed by atoms with Gasteiger partial charge >= 0.3 is 0 Å². The molecule has 27 heavy (non-hydrogen) atoms. The topological polar surface area (TPSA) is 96.3 Å². The second kappa shape index (κ2) is 6.73. The van der Waals surface area contributed by atoms with E-state index in [0.29, 0.717) is 10.9 Å². The Bertz CT molecular complexity index is 1230. The van der Waals surface area contributed by atoms with Gasteiger partial charge in [-0.05, 0) is 35.2 Å². The lowest BCUT2D eigenvalue weighted by Crippen LogP contribution is -2.30. The van der Waals surface area contributed by atoms with Crippen molar-refractivity contribution in [3.63, 3.8) is 0 Å². The zero-order valence-corrected chi connectivity index (χ0v) is 14.9. The summed E-state index contributed by atoms with van der Waals surface area (Å²) in [5, 5.41) is 4.42. The third-order valence-corrected chi connectivity index (χ3v) is 5.88. The molecule has 0 aliphatic rings. The number of nitrogens with one attached hydrogen (secondary N) is 1. The lowest BCUT2D eigenvalue weighted by atomic mass is 10.2. The summed E-state index contributed by atoms with van der Waals surface area (Å²) < 4.78 is 32.7. The molecule has 8 heteroatoms. The van der Waals surface area contributed by atoms with Gasteiger partial charge < -0.3 is 9.51 Å². The Morgan fingerprint density at radius 2 is 1.81 bits per heavy atom. The molecule has 0 amide bonds. The van der Waals surface area contributed by atoms with Crippen LogP contribution in [0.25, 0.3) is 10.9 Å². The molecule has 0 spiro atoms. The van der Waals surface area contributed by atoms with E-state index in [4.69, 9.17) is 4.52 Å². The fraction of sp³-hybridized carbons (Fsp3) is 0.0526. The molecule has 136 valence electrons. The Kier molecular flexibility index (Phi) is 4.25. The summed E-state index contributed by atoms with van der Waals surface area (Å²) in [5.41, 5.74) is 1.14. The van der Waals surface area contributed by atoms with Gasteiger partial charge in [-0.15, -0.1) is 0 Å². The quantitative estimate of drug-likeness (QED) is 0.573. The van der Waals surface area contributed by atoms with Crippen molar-refractivity contribution in [1.29, 1.82) is 0 Å². The number of nitrogens with zero attached hydrogens (tertiary/aromatic N) is 2. The van der Waals surface area contributed by atoms with Crippen LogP contribution in [0.15, 0.2) is 87.2 Å². The van der Waals surface area contributed by atoms with Crippen LogP contribution in [0.1, 0.15) is 5.56 Å². The average Bonchev–Trinajstić information content (AvgIpc) is 3.20. The van der Waals surface area contributed by atoms with Crippen LogP contribution in [-0.2, 0) is 16.6 Å². The molecule has 2 aromatic heterocycles. The SMILES string of the molecule is O=c1ccc2cc(S(=O)(=O)N(Cc3ccccc3)c3ccon3)ccc2[nH]1. The van der Waals surface area contributed by atoms with Crippen molar-refractivity contribution < 1.29 is 12.9 Å². The minimum absolute atomic E-state index is 0.0981. The van der Waals surface area contributed by atoms with E-state index in [1.807, 2.05) is 30.3 Å². The molecule has 0 saturated heterocycles. The second-order valence-electron chi connectivity index (χ2n) is 5.93. The van der Waals surface area contributed by atoms with Gasteiger partial charge in [0, 0.05) is 17.6 Å². The van der Waals surface area contributed by atoms with E-state index in [0.717, 1.165) is 5.56 Å². The third-order valence-electron chi connectivity index (χ3n) is 4.13. The van der Waals surface area contributed by atoms with Gasteiger partial charge in [-0.3, -0.25) is 4.79 Å². The van der Waals surface area contributed by atoms with Gasteiger partial charge in [0.05, 0.1) is 11.4 Å². The van der Waals surface area contributed by atoms with Gasteiger partial charge in [-0.1, -0.05) is 35.5 Å². The van der Waals surface area contributed by atoms with E-state index in [9.17, 15) is 13.2 Å². The number of anilines is 1. The van der Waals surface area contributed by atoms with Gasteiger partial charge in [-0.2, -0.15) is 0 Å². The molecule has 0 fully saturated rings. The Morgan fingerprint density at radius 1 is 1.00 bits per heavy atom. The fourth-order valence-corrected chi connectivity index (χ4v) is 4.22. The summed E-state index contributed by atoms with van der Waals surface area (Å²) in [5.74, 6) is 0.195. The maximum Gasteiger partial charge on any atom is 0.265 e. The molecule has 0 atom stereocenters. The molecular formula is C19H15N3O4S. The van der Waals surface area contributed by atoms with Crippen LogP contribution < -0.4 is 9.86 Å². The molecule has 0 bridgehead atoms. The molecule has 0 aliphatic carbocycles. The van der Waals surface area contributed by atoms with Gasteiger partial charge in [0.25, 0.3) is 10.0 Å². The Labute approximate surface area is 154 Å². The van der Waals surface area contributed by atoms with Crippen LogP contribution in [0.3, 0.4) is 0 Å². The predicted octanol–water partition coefficient (Wildman–Crippen LogP) is 2.91. The molecule has 2 heterocycles. The number of aromatic nitrogens is 2. The lowest BCUT2D eigenvalue weighted by Gasteiger charge is -2.22. The fourth-order valence-electron chi connectivity index (χ4n) is 2.79. The number of H-pyrrole nitrogens is 1. The van der Waals surface area contributed by atoms with Gasteiger partial charge in [-0.25, -0.2) is 12.7 Å². The van der Waals surface area contributed by atoms with E-state index < -0.39 is 10.0 Å². The maximum absolute atomic E-state index is 13.3. The van der Waals surface area contributed by atoms with Crippen LogP contribution in [0.4, 0.5) is 5.82 Å². The Balaban J connectivity index is 1.80. The van der Waals surface area contributed by atoms with Crippen LogP contribution in [0.5, 0.6) is 0 Å². The third kappa shape index (κ3) is 3.34. The summed E-state index contributed by atoms with van der Waals surface area (Å²) in [4.78, 5) is 14.2. The van der Waals surface area contributed by atoms with Crippen molar-refractivity contribution >= 4 is 26.7 Å². The summed E-state index contributed by atoms with van der Waals surface area (Å²) in [6.07, 6.45) is 1.33. The number of benzene rings is 2. The average molecular weight is 381 g/mol. The number of aromatic amines is 1. The summed E-state index contributed by atoms with van der Waals surface area (Å²) >= 11 is 0. The standard InChI is InChI=1S/C19H15N3O4S/c23-19-9-6-15-12-16(7-8-17(15)20-19)27(24,25)22(18-10-11-26-21-18)13-14-4-2-1-3-5-14/h1-12H,13H2,(H,20,23). The number of hydrogen-bond donors (Lipinski definition) is 1. The molecule has 4 aromatic rings. The first-order valence-corrected chi connectivity index (χ1v) is 9.58. The van der Waals surface area contributed by atoms with Gasteiger partial charge in [0.1, 0.15) is 6.26 Å². The monoisotopic (exact) mass is 381 g/mol. The first kappa shape index (κ1) is 17.0. The van der Waals surface area contributed by atoms with Crippen molar-refractivity contribution in [2.24, 2.45) is 0 Å². The van der Waals surface area contributed by atoms with Crippen LogP contribution >= 0.6 is 0 Å². The van der Waals surface area contributed by atoms with E-state index in [-0.39, 0.29) is 22.8 Å². The molecule has 0 aliphatic heterocycles. The highest BCUT2D eigenvalue weighted by atomic mass is 32.2. The van der Waals surface area contributed by atoms with Crippen molar-refractivity contribution in [3.05, 3.63) is 88.9 Å². The zero-order valence-electron chi connectivity index (χ0n) is 14.1. The molecule has 4 rings (SSSR count). The molecule has 0 saturated carbocycles. The minimum atomic E-state index is -3.90. The summed E-state index contributed by atoms with van der Waals surface area (Å²) in [6, 6.07) is 18.2. The zero-order chi connectivity index (χ0) is 18.9. The maximum atomic E-state index is 13.3. The number of hydrogen-bond acceptors (Lipinski definition) is 5. The van der Waals surface area contributed by atoms with Crippen molar-refractivity contribution in [2.75, 3.05) is 4.31 Å². The predicted molar refractivity (Wildman–Crippen MR) is 101 cm³/mol. The molecular weight excluding hydrogens is 366 g/mol. The Morgan fingerprint density at radius 3 is 2.56 bits per heavy atom. The highest BCUT2D eigenvalue weighted by Crippen LogP contribution is 2.26. The van der Waals surface area contributed by atoms with Crippen LogP contribution in [0.2, 0.25) is 0 Å². The molecule has 0 unspecified atom stereocenters. The number of pyridine rings is 1. The molecule has 1 N–H and O–H groups in total. The molecule has 2 aromatic carbocycles. The van der Waals surface area contributed by atoms with Gasteiger partial charge in [0.15, 0.2) is 5.82 Å². The van der Waals surface area contributed by atoms with Crippen molar-refractivity contribution in [3.8, 4) is 0 Å². The van der Waals surface area contributed by atoms with E-state index in [2.05, 4.69) is 10.1 Å². The highest BCUT2D eigenvalue weighted by Gasteiger charge is 2.27. The van der Waals surface area contributed by atoms with E-state index in [1.165, 1.54) is 34.8 Å².